The molecule has 3 heterocycles. The van der Waals surface area contributed by atoms with E-state index in [1.807, 2.05) is 0 Å². The summed E-state index contributed by atoms with van der Waals surface area (Å²) >= 11 is 11.8. The first-order valence-electron chi connectivity index (χ1n) is 5.92. The maximum absolute atomic E-state index is 6.06. The van der Waals surface area contributed by atoms with Crippen LogP contribution < -0.4 is 5.32 Å². The van der Waals surface area contributed by atoms with Crippen LogP contribution >= 0.6 is 23.2 Å². The zero-order chi connectivity index (χ0) is 11.8. The number of anilines is 1. The third-order valence-electron chi connectivity index (χ3n) is 3.64. The van der Waals surface area contributed by atoms with Crippen molar-refractivity contribution in [3.05, 3.63) is 16.5 Å². The summed E-state index contributed by atoms with van der Waals surface area (Å²) in [6, 6.07) is 1.06. The van der Waals surface area contributed by atoms with Gasteiger partial charge in [-0.05, 0) is 37.4 Å². The number of hydrogen-bond acceptors (Lipinski definition) is 4. The van der Waals surface area contributed by atoms with Gasteiger partial charge < -0.3 is 5.32 Å². The lowest BCUT2D eigenvalue weighted by molar-refractivity contribution is 0.318. The van der Waals surface area contributed by atoms with Crippen LogP contribution in [0.1, 0.15) is 19.3 Å². The lowest BCUT2D eigenvalue weighted by Crippen LogP contribution is -2.34. The van der Waals surface area contributed by atoms with Gasteiger partial charge in [0.1, 0.15) is 10.8 Å². The second-order valence-electron chi connectivity index (χ2n) is 4.62. The Balaban J connectivity index is 1.76. The summed E-state index contributed by atoms with van der Waals surface area (Å²) in [6.45, 7) is 2.39. The minimum absolute atomic E-state index is 0.234. The first-order valence-corrected chi connectivity index (χ1v) is 6.68. The molecule has 2 unspecified atom stereocenters. The summed E-state index contributed by atoms with van der Waals surface area (Å²) in [5.74, 6) is 0.658. The summed E-state index contributed by atoms with van der Waals surface area (Å²) in [4.78, 5) is 10.5. The van der Waals surface area contributed by atoms with Crippen LogP contribution in [0.15, 0.2) is 6.20 Å². The molecule has 2 atom stereocenters. The minimum Gasteiger partial charge on any atom is -0.364 e. The van der Waals surface area contributed by atoms with Crippen molar-refractivity contribution in [3.63, 3.8) is 0 Å². The van der Waals surface area contributed by atoms with Gasteiger partial charge >= 0.3 is 0 Å². The van der Waals surface area contributed by atoms with Crippen LogP contribution in [-0.4, -0.2) is 40.0 Å². The van der Waals surface area contributed by atoms with Crippen LogP contribution in [0.4, 0.5) is 5.82 Å². The van der Waals surface area contributed by atoms with E-state index >= 15 is 0 Å². The predicted octanol–water partition coefficient (Wildman–Crippen LogP) is 2.43. The van der Waals surface area contributed by atoms with E-state index in [1.165, 1.54) is 25.9 Å². The standard InChI is InChI=1S/C11H14Cl2N4/c12-7-6-14-11(13)16-10(7)15-8-3-5-17-4-1-2-9(8)17/h6,8-9H,1-5H2,(H,14,15,16). The first kappa shape index (κ1) is 11.5. The molecule has 2 saturated heterocycles. The van der Waals surface area contributed by atoms with Gasteiger partial charge in [-0.3, -0.25) is 4.90 Å². The van der Waals surface area contributed by atoms with Crippen molar-refractivity contribution in [1.29, 1.82) is 0 Å². The molecule has 0 bridgehead atoms. The van der Waals surface area contributed by atoms with E-state index in [1.54, 1.807) is 6.20 Å². The van der Waals surface area contributed by atoms with Crippen molar-refractivity contribution < 1.29 is 0 Å². The number of fused-ring (bicyclic) bond motifs is 1. The fourth-order valence-electron chi connectivity index (χ4n) is 2.87. The van der Waals surface area contributed by atoms with E-state index in [0.29, 0.717) is 22.9 Å². The molecule has 2 fully saturated rings. The molecule has 92 valence electrons. The molecule has 0 spiro atoms. The van der Waals surface area contributed by atoms with Crippen molar-refractivity contribution in [2.45, 2.75) is 31.3 Å². The van der Waals surface area contributed by atoms with Crippen molar-refractivity contribution in [2.24, 2.45) is 0 Å². The number of rotatable bonds is 2. The highest BCUT2D eigenvalue weighted by molar-refractivity contribution is 6.33. The highest BCUT2D eigenvalue weighted by Crippen LogP contribution is 2.31. The number of aromatic nitrogens is 2. The van der Waals surface area contributed by atoms with Gasteiger partial charge in [-0.15, -0.1) is 0 Å². The van der Waals surface area contributed by atoms with Gasteiger partial charge in [0.15, 0.2) is 0 Å². The molecule has 1 aromatic rings. The van der Waals surface area contributed by atoms with Gasteiger partial charge in [0.25, 0.3) is 0 Å². The SMILES string of the molecule is Clc1ncc(Cl)c(NC2CCN3CCCC23)n1. The maximum Gasteiger partial charge on any atom is 0.224 e. The molecule has 17 heavy (non-hydrogen) atoms. The molecule has 0 saturated carbocycles. The third-order valence-corrected chi connectivity index (χ3v) is 4.10. The fraction of sp³-hybridized carbons (Fsp3) is 0.636. The first-order chi connectivity index (χ1) is 8.24. The van der Waals surface area contributed by atoms with Crippen LogP contribution in [0.5, 0.6) is 0 Å². The normalized spacial score (nSPS) is 28.4. The molecular weight excluding hydrogens is 259 g/mol. The smallest absolute Gasteiger partial charge is 0.224 e. The fourth-order valence-corrected chi connectivity index (χ4v) is 3.15. The van der Waals surface area contributed by atoms with E-state index in [4.69, 9.17) is 23.2 Å². The Morgan fingerprint density at radius 2 is 2.18 bits per heavy atom. The molecule has 4 nitrogen and oxygen atoms in total. The Labute approximate surface area is 110 Å². The van der Waals surface area contributed by atoms with Gasteiger partial charge in [0.05, 0.1) is 6.20 Å². The Hall–Kier alpha value is -0.580. The molecule has 2 aliphatic heterocycles. The Kier molecular flexibility index (Phi) is 3.11. The second kappa shape index (κ2) is 4.59. The highest BCUT2D eigenvalue weighted by atomic mass is 35.5. The van der Waals surface area contributed by atoms with E-state index in [9.17, 15) is 0 Å². The molecule has 2 aliphatic rings. The second-order valence-corrected chi connectivity index (χ2v) is 5.37. The van der Waals surface area contributed by atoms with Crippen LogP contribution in [0.3, 0.4) is 0 Å². The van der Waals surface area contributed by atoms with Gasteiger partial charge in [-0.25, -0.2) is 4.98 Å². The van der Waals surface area contributed by atoms with Crippen LogP contribution in [0.2, 0.25) is 10.3 Å². The highest BCUT2D eigenvalue weighted by Gasteiger charge is 2.37. The molecule has 1 N–H and O–H groups in total. The molecule has 0 radical (unpaired) electrons. The average Bonchev–Trinajstić information content (AvgIpc) is 2.88. The van der Waals surface area contributed by atoms with Crippen molar-refractivity contribution >= 4 is 29.0 Å². The number of nitrogens with zero attached hydrogens (tertiary/aromatic N) is 3. The summed E-state index contributed by atoms with van der Waals surface area (Å²) in [7, 11) is 0. The quantitative estimate of drug-likeness (QED) is 0.840. The van der Waals surface area contributed by atoms with Gasteiger partial charge in [0, 0.05) is 18.6 Å². The summed E-state index contributed by atoms with van der Waals surface area (Å²) in [5, 5.41) is 4.18. The molecule has 3 rings (SSSR count). The Morgan fingerprint density at radius 3 is 3.06 bits per heavy atom. The average molecular weight is 273 g/mol. The zero-order valence-electron chi connectivity index (χ0n) is 9.37. The largest absolute Gasteiger partial charge is 0.364 e. The third kappa shape index (κ3) is 2.21. The van der Waals surface area contributed by atoms with Gasteiger partial charge in [-0.2, -0.15) is 4.98 Å². The molecule has 0 amide bonds. The summed E-state index contributed by atoms with van der Waals surface area (Å²) in [6.07, 6.45) is 5.23. The van der Waals surface area contributed by atoms with Crippen LogP contribution in [0, 0.1) is 0 Å². The molecule has 0 aliphatic carbocycles. The lowest BCUT2D eigenvalue weighted by Gasteiger charge is -2.22. The topological polar surface area (TPSA) is 41.1 Å². The number of halogens is 2. The van der Waals surface area contributed by atoms with Crippen molar-refractivity contribution in [1.82, 2.24) is 14.9 Å². The van der Waals surface area contributed by atoms with E-state index in [2.05, 4.69) is 20.2 Å². The van der Waals surface area contributed by atoms with Crippen LogP contribution in [-0.2, 0) is 0 Å². The number of hydrogen-bond donors (Lipinski definition) is 1. The van der Waals surface area contributed by atoms with Crippen molar-refractivity contribution in [2.75, 3.05) is 18.4 Å². The maximum atomic E-state index is 6.06. The zero-order valence-corrected chi connectivity index (χ0v) is 10.9. The Morgan fingerprint density at radius 1 is 1.29 bits per heavy atom. The Bertz CT molecular complexity index is 426. The predicted molar refractivity (Wildman–Crippen MR) is 68.7 cm³/mol. The van der Waals surface area contributed by atoms with E-state index < -0.39 is 0 Å². The summed E-state index contributed by atoms with van der Waals surface area (Å²) in [5.41, 5.74) is 0. The monoisotopic (exact) mass is 272 g/mol. The van der Waals surface area contributed by atoms with Crippen molar-refractivity contribution in [3.8, 4) is 0 Å². The van der Waals surface area contributed by atoms with Crippen LogP contribution in [0.25, 0.3) is 0 Å². The van der Waals surface area contributed by atoms with Gasteiger partial charge in [-0.1, -0.05) is 11.6 Å². The molecule has 1 aromatic heterocycles. The van der Waals surface area contributed by atoms with E-state index in [0.717, 1.165) is 6.42 Å². The molecular formula is C11H14Cl2N4. The molecule has 6 heteroatoms. The lowest BCUT2D eigenvalue weighted by atomic mass is 10.1. The van der Waals surface area contributed by atoms with E-state index in [-0.39, 0.29) is 5.28 Å². The minimum atomic E-state index is 0.234. The van der Waals surface area contributed by atoms with Gasteiger partial charge in [0.2, 0.25) is 5.28 Å². The molecule has 0 aromatic carbocycles. The summed E-state index contributed by atoms with van der Waals surface area (Å²) < 4.78 is 0. The number of nitrogens with one attached hydrogen (secondary N) is 1.